The molecule has 0 N–H and O–H groups in total. The van der Waals surface area contributed by atoms with Crippen molar-refractivity contribution in [1.82, 2.24) is 14.6 Å². The van der Waals surface area contributed by atoms with Gasteiger partial charge in [-0.25, -0.2) is 0 Å². The van der Waals surface area contributed by atoms with Gasteiger partial charge in [0.05, 0.1) is 11.3 Å². The molecule has 4 rings (SSSR count). The predicted molar refractivity (Wildman–Crippen MR) is 93.9 cm³/mol. The van der Waals surface area contributed by atoms with E-state index in [1.54, 1.807) is 59.0 Å². The number of fused-ring (bicyclic) bond motifs is 1. The van der Waals surface area contributed by atoms with Crippen molar-refractivity contribution in [2.45, 2.75) is 6.18 Å². The summed E-state index contributed by atoms with van der Waals surface area (Å²) in [6, 6.07) is 17.9. The lowest BCUT2D eigenvalue weighted by Crippen LogP contribution is -2.07. The molecule has 2 aromatic heterocycles. The summed E-state index contributed by atoms with van der Waals surface area (Å²) in [5.41, 5.74) is 1.01. The molecule has 0 spiro atoms. The van der Waals surface area contributed by atoms with Gasteiger partial charge in [-0.3, -0.25) is 4.40 Å². The summed E-state index contributed by atoms with van der Waals surface area (Å²) in [5, 5.41) is 8.56. The van der Waals surface area contributed by atoms with Crippen LogP contribution in [-0.2, 0) is 6.18 Å². The second-order valence-corrected chi connectivity index (χ2v) is 6.16. The molecular formula is C19H11ClF3N3. The number of hydrogen-bond donors (Lipinski definition) is 0. The number of hydrogen-bond acceptors (Lipinski definition) is 2. The molecule has 0 saturated carbocycles. The van der Waals surface area contributed by atoms with E-state index in [9.17, 15) is 13.2 Å². The fourth-order valence-corrected chi connectivity index (χ4v) is 3.01. The van der Waals surface area contributed by atoms with E-state index in [2.05, 4.69) is 10.2 Å². The van der Waals surface area contributed by atoms with Gasteiger partial charge in [-0.1, -0.05) is 54.1 Å². The summed E-state index contributed by atoms with van der Waals surface area (Å²) in [7, 11) is 0. The highest BCUT2D eigenvalue weighted by Crippen LogP contribution is 2.35. The van der Waals surface area contributed by atoms with Crippen LogP contribution in [0, 0.1) is 0 Å². The molecule has 0 atom stereocenters. The van der Waals surface area contributed by atoms with Gasteiger partial charge in [-0.05, 0) is 29.8 Å². The third kappa shape index (κ3) is 2.93. The highest BCUT2D eigenvalue weighted by molar-refractivity contribution is 6.30. The summed E-state index contributed by atoms with van der Waals surface area (Å²) in [5.74, 6) is 0.426. The van der Waals surface area contributed by atoms with Gasteiger partial charge in [0.25, 0.3) is 0 Å². The zero-order valence-corrected chi connectivity index (χ0v) is 14.0. The van der Waals surface area contributed by atoms with Gasteiger partial charge in [0.2, 0.25) is 0 Å². The van der Waals surface area contributed by atoms with Gasteiger partial charge in [-0.15, -0.1) is 10.2 Å². The summed E-state index contributed by atoms with van der Waals surface area (Å²) >= 11 is 6.05. The van der Waals surface area contributed by atoms with Gasteiger partial charge < -0.3 is 0 Å². The van der Waals surface area contributed by atoms with Crippen molar-refractivity contribution < 1.29 is 13.2 Å². The maximum Gasteiger partial charge on any atom is 0.416 e. The number of nitrogens with zero attached hydrogens (tertiary/aromatic N) is 3. The zero-order valence-electron chi connectivity index (χ0n) is 13.2. The van der Waals surface area contributed by atoms with Crippen LogP contribution in [0.2, 0.25) is 5.02 Å². The Kier molecular flexibility index (Phi) is 3.92. The first kappa shape index (κ1) is 16.6. The normalized spacial score (nSPS) is 11.8. The van der Waals surface area contributed by atoms with E-state index in [0.29, 0.717) is 27.7 Å². The molecule has 0 aliphatic carbocycles. The molecule has 0 amide bonds. The third-order valence-corrected chi connectivity index (χ3v) is 4.22. The Morgan fingerprint density at radius 2 is 1.54 bits per heavy atom. The van der Waals surface area contributed by atoms with Gasteiger partial charge in [0, 0.05) is 10.6 Å². The molecular weight excluding hydrogens is 363 g/mol. The van der Waals surface area contributed by atoms with Crippen LogP contribution in [0.5, 0.6) is 0 Å². The standard InChI is InChI=1S/C19H11ClF3N3/c20-15-8-4-7-13(9-15)18-25-24-17-11-14(19(21,22)23)10-16(26(17)18)12-5-2-1-3-6-12/h1-11H. The largest absolute Gasteiger partial charge is 0.416 e. The molecule has 0 aliphatic rings. The van der Waals surface area contributed by atoms with Crippen LogP contribution < -0.4 is 0 Å². The molecule has 0 bridgehead atoms. The van der Waals surface area contributed by atoms with Crippen LogP contribution in [0.25, 0.3) is 28.3 Å². The molecule has 130 valence electrons. The quantitative estimate of drug-likeness (QED) is 0.449. The third-order valence-electron chi connectivity index (χ3n) is 3.99. The summed E-state index contributed by atoms with van der Waals surface area (Å²) in [6.07, 6.45) is -4.48. The van der Waals surface area contributed by atoms with E-state index in [0.717, 1.165) is 12.1 Å². The lowest BCUT2D eigenvalue weighted by Gasteiger charge is -2.13. The van der Waals surface area contributed by atoms with Crippen molar-refractivity contribution in [2.75, 3.05) is 0 Å². The Hall–Kier alpha value is -2.86. The number of aromatic nitrogens is 3. The van der Waals surface area contributed by atoms with Crippen molar-refractivity contribution in [3.8, 4) is 22.6 Å². The van der Waals surface area contributed by atoms with E-state index in [1.165, 1.54) is 0 Å². The lowest BCUT2D eigenvalue weighted by atomic mass is 10.1. The fourth-order valence-electron chi connectivity index (χ4n) is 2.82. The maximum atomic E-state index is 13.3. The molecule has 0 unspecified atom stereocenters. The SMILES string of the molecule is FC(F)(F)c1cc(-c2ccccc2)n2c(-c3cccc(Cl)c3)nnc2c1. The second-order valence-electron chi connectivity index (χ2n) is 5.72. The van der Waals surface area contributed by atoms with Crippen molar-refractivity contribution in [1.29, 1.82) is 0 Å². The van der Waals surface area contributed by atoms with Crippen molar-refractivity contribution >= 4 is 17.2 Å². The molecule has 3 nitrogen and oxygen atoms in total. The molecule has 0 aliphatic heterocycles. The van der Waals surface area contributed by atoms with Crippen molar-refractivity contribution in [3.63, 3.8) is 0 Å². The first-order valence-electron chi connectivity index (χ1n) is 7.71. The van der Waals surface area contributed by atoms with Crippen molar-refractivity contribution in [2.24, 2.45) is 0 Å². The Bertz CT molecular complexity index is 1090. The summed E-state index contributed by atoms with van der Waals surface area (Å²) in [4.78, 5) is 0. The molecule has 4 aromatic rings. The number of benzene rings is 2. The van der Waals surface area contributed by atoms with Gasteiger partial charge in [-0.2, -0.15) is 13.2 Å². The zero-order chi connectivity index (χ0) is 18.3. The van der Waals surface area contributed by atoms with Crippen LogP contribution in [0.1, 0.15) is 5.56 Å². The second kappa shape index (κ2) is 6.14. The van der Waals surface area contributed by atoms with E-state index < -0.39 is 11.7 Å². The fraction of sp³-hybridized carbons (Fsp3) is 0.0526. The summed E-state index contributed by atoms with van der Waals surface area (Å²) in [6.45, 7) is 0. The first-order valence-corrected chi connectivity index (χ1v) is 8.09. The van der Waals surface area contributed by atoms with E-state index in [-0.39, 0.29) is 5.65 Å². The average Bonchev–Trinajstić information content (AvgIpc) is 3.05. The molecule has 2 heterocycles. The molecule has 7 heteroatoms. The van der Waals surface area contributed by atoms with Crippen LogP contribution in [0.3, 0.4) is 0 Å². The molecule has 2 aromatic carbocycles. The van der Waals surface area contributed by atoms with E-state index in [4.69, 9.17) is 11.6 Å². The van der Waals surface area contributed by atoms with Crippen LogP contribution >= 0.6 is 11.6 Å². The molecule has 26 heavy (non-hydrogen) atoms. The minimum atomic E-state index is -4.48. The van der Waals surface area contributed by atoms with Gasteiger partial charge in [0.15, 0.2) is 11.5 Å². The maximum absolute atomic E-state index is 13.3. The first-order chi connectivity index (χ1) is 12.4. The minimum Gasteiger partial charge on any atom is -0.275 e. The predicted octanol–water partition coefficient (Wildman–Crippen LogP) is 5.74. The Morgan fingerprint density at radius 3 is 2.23 bits per heavy atom. The topological polar surface area (TPSA) is 30.2 Å². The Morgan fingerprint density at radius 1 is 0.808 bits per heavy atom. The minimum absolute atomic E-state index is 0.119. The Balaban J connectivity index is 2.06. The number of alkyl halides is 3. The molecule has 0 fully saturated rings. The van der Waals surface area contributed by atoms with Gasteiger partial charge >= 0.3 is 6.18 Å². The Labute approximate surface area is 151 Å². The van der Waals surface area contributed by atoms with Crippen LogP contribution in [-0.4, -0.2) is 14.6 Å². The average molecular weight is 374 g/mol. The monoisotopic (exact) mass is 373 g/mol. The highest BCUT2D eigenvalue weighted by Gasteiger charge is 2.32. The van der Waals surface area contributed by atoms with Crippen LogP contribution in [0.4, 0.5) is 13.2 Å². The van der Waals surface area contributed by atoms with Crippen molar-refractivity contribution in [3.05, 3.63) is 77.3 Å². The van der Waals surface area contributed by atoms with E-state index >= 15 is 0 Å². The molecule has 0 saturated heterocycles. The number of halogens is 4. The lowest BCUT2D eigenvalue weighted by molar-refractivity contribution is -0.137. The van der Waals surface area contributed by atoms with E-state index in [1.807, 2.05) is 0 Å². The summed E-state index contributed by atoms with van der Waals surface area (Å²) < 4.78 is 41.6. The highest BCUT2D eigenvalue weighted by atomic mass is 35.5. The number of rotatable bonds is 2. The van der Waals surface area contributed by atoms with Gasteiger partial charge in [0.1, 0.15) is 0 Å². The molecule has 0 radical (unpaired) electrons. The number of pyridine rings is 1. The van der Waals surface area contributed by atoms with Crippen LogP contribution in [0.15, 0.2) is 66.7 Å². The smallest absolute Gasteiger partial charge is 0.275 e.